The maximum absolute atomic E-state index is 12.5. The van der Waals surface area contributed by atoms with E-state index in [1.807, 2.05) is 25.1 Å². The number of urea groups is 1. The van der Waals surface area contributed by atoms with Crippen LogP contribution in [0, 0.1) is 6.92 Å². The Balaban J connectivity index is 1.65. The van der Waals surface area contributed by atoms with Crippen LogP contribution in [0.4, 0.5) is 10.5 Å². The van der Waals surface area contributed by atoms with Crippen molar-refractivity contribution in [2.45, 2.75) is 33.7 Å². The van der Waals surface area contributed by atoms with Crippen LogP contribution in [0.1, 0.15) is 30.7 Å². The lowest BCUT2D eigenvalue weighted by atomic mass is 10.0. The van der Waals surface area contributed by atoms with E-state index in [9.17, 15) is 9.59 Å². The average molecular weight is 409 g/mol. The van der Waals surface area contributed by atoms with Crippen LogP contribution in [0.2, 0.25) is 0 Å². The Hall–Kier alpha value is -3.42. The fourth-order valence-corrected chi connectivity index (χ4v) is 3.41. The second-order valence-electron chi connectivity index (χ2n) is 6.91. The van der Waals surface area contributed by atoms with Crippen LogP contribution >= 0.6 is 0 Å². The van der Waals surface area contributed by atoms with Gasteiger partial charge in [-0.25, -0.2) is 19.6 Å². The van der Waals surface area contributed by atoms with Gasteiger partial charge in [0.2, 0.25) is 0 Å². The summed E-state index contributed by atoms with van der Waals surface area (Å²) in [6.07, 6.45) is 3.44. The van der Waals surface area contributed by atoms with Gasteiger partial charge in [-0.3, -0.25) is 0 Å². The number of aromatic nitrogens is 2. The monoisotopic (exact) mass is 409 g/mol. The summed E-state index contributed by atoms with van der Waals surface area (Å²) in [6, 6.07) is 7.37. The summed E-state index contributed by atoms with van der Waals surface area (Å²) in [7, 11) is 0. The van der Waals surface area contributed by atoms with E-state index in [0.29, 0.717) is 30.7 Å². The van der Waals surface area contributed by atoms with Gasteiger partial charge >= 0.3 is 11.7 Å². The Kier molecular flexibility index (Phi) is 7.00. The van der Waals surface area contributed by atoms with E-state index in [-0.39, 0.29) is 11.7 Å². The van der Waals surface area contributed by atoms with Crippen molar-refractivity contribution in [2.24, 2.45) is 0 Å². The number of carbonyl (C=O) groups excluding carboxylic acids is 1. The third-order valence-electron chi connectivity index (χ3n) is 5.13. The number of aryl methyl sites for hydroxylation is 1. The molecule has 30 heavy (non-hydrogen) atoms. The van der Waals surface area contributed by atoms with Crippen LogP contribution < -0.4 is 21.2 Å². The molecule has 0 aliphatic rings. The first-order chi connectivity index (χ1) is 14.5. The number of benzene rings is 1. The zero-order valence-corrected chi connectivity index (χ0v) is 17.6. The van der Waals surface area contributed by atoms with Crippen molar-refractivity contribution >= 4 is 22.7 Å². The Bertz CT molecular complexity index is 1060. The van der Waals surface area contributed by atoms with Gasteiger partial charge < -0.3 is 20.0 Å². The summed E-state index contributed by atoms with van der Waals surface area (Å²) < 4.78 is 5.59. The average Bonchev–Trinajstić information content (AvgIpc) is 2.76. The molecule has 0 saturated heterocycles. The molecule has 0 saturated carbocycles. The molecule has 158 valence electrons. The minimum Gasteiger partial charge on any atom is -0.422 e. The maximum Gasteiger partial charge on any atom is 0.339 e. The number of fused-ring (bicyclic) bond motifs is 1. The summed E-state index contributed by atoms with van der Waals surface area (Å²) in [5.41, 5.74) is 3.44. The Morgan fingerprint density at radius 3 is 2.67 bits per heavy atom. The molecule has 0 bridgehead atoms. The van der Waals surface area contributed by atoms with Gasteiger partial charge in [0.15, 0.2) is 0 Å². The Morgan fingerprint density at radius 1 is 1.17 bits per heavy atom. The van der Waals surface area contributed by atoms with Gasteiger partial charge in [0.05, 0.1) is 12.2 Å². The van der Waals surface area contributed by atoms with E-state index in [1.54, 1.807) is 12.3 Å². The van der Waals surface area contributed by atoms with E-state index >= 15 is 0 Å². The highest BCUT2D eigenvalue weighted by atomic mass is 16.4. The molecule has 0 unspecified atom stereocenters. The maximum atomic E-state index is 12.5. The lowest BCUT2D eigenvalue weighted by Crippen LogP contribution is -2.36. The quantitative estimate of drug-likeness (QED) is 0.555. The summed E-state index contributed by atoms with van der Waals surface area (Å²) in [6.45, 7) is 8.50. The topological polar surface area (TPSA) is 100 Å². The molecule has 0 aliphatic carbocycles. The van der Waals surface area contributed by atoms with Gasteiger partial charge in [0, 0.05) is 48.5 Å². The molecule has 2 N–H and O–H groups in total. The minimum atomic E-state index is -0.361. The second kappa shape index (κ2) is 9.87. The molecule has 0 radical (unpaired) electrons. The summed E-state index contributed by atoms with van der Waals surface area (Å²) in [5.74, 6) is 0. The number of amides is 2. The summed E-state index contributed by atoms with van der Waals surface area (Å²) >= 11 is 0. The van der Waals surface area contributed by atoms with Crippen LogP contribution in [0.5, 0.6) is 0 Å². The van der Waals surface area contributed by atoms with Gasteiger partial charge in [0.1, 0.15) is 11.9 Å². The molecule has 0 atom stereocenters. The number of anilines is 1. The molecule has 3 rings (SSSR count). The smallest absolute Gasteiger partial charge is 0.339 e. The first-order valence-electron chi connectivity index (χ1n) is 10.1. The second-order valence-corrected chi connectivity index (χ2v) is 6.91. The first kappa shape index (κ1) is 21.3. The Labute approximate surface area is 175 Å². The van der Waals surface area contributed by atoms with Crippen molar-refractivity contribution in [3.05, 3.63) is 64.0 Å². The van der Waals surface area contributed by atoms with Gasteiger partial charge in [-0.2, -0.15) is 0 Å². The first-order valence-corrected chi connectivity index (χ1v) is 10.1. The van der Waals surface area contributed by atoms with Gasteiger partial charge in [-0.05, 0) is 51.0 Å². The highest BCUT2D eigenvalue weighted by Gasteiger charge is 2.13. The third-order valence-corrected chi connectivity index (χ3v) is 5.13. The van der Waals surface area contributed by atoms with E-state index in [1.165, 1.54) is 6.33 Å². The van der Waals surface area contributed by atoms with E-state index in [0.717, 1.165) is 35.4 Å². The van der Waals surface area contributed by atoms with Crippen molar-refractivity contribution in [2.75, 3.05) is 24.5 Å². The van der Waals surface area contributed by atoms with Gasteiger partial charge in [-0.15, -0.1) is 0 Å². The van der Waals surface area contributed by atoms with E-state index < -0.39 is 0 Å². The summed E-state index contributed by atoms with van der Waals surface area (Å²) in [5, 5.41) is 6.40. The summed E-state index contributed by atoms with van der Waals surface area (Å²) in [4.78, 5) is 34.6. The standard InChI is InChI=1S/C22H27N5O3/c1-4-27(5-2)17-6-7-18-15(3)19(21(28)30-20(18)12-17)9-11-24-22(29)25-13-16-8-10-23-14-26-16/h6-8,10,12,14H,4-5,9,11,13H2,1-3H3,(H2,24,25,29). The molecule has 2 heterocycles. The zero-order chi connectivity index (χ0) is 21.5. The molecule has 3 aromatic rings. The van der Waals surface area contributed by atoms with Gasteiger partial charge in [-0.1, -0.05) is 0 Å². The minimum absolute atomic E-state index is 0.306. The fraction of sp³-hybridized carbons (Fsp3) is 0.364. The van der Waals surface area contributed by atoms with Crippen molar-refractivity contribution in [3.8, 4) is 0 Å². The molecule has 0 aliphatic heterocycles. The number of hydrogen-bond acceptors (Lipinski definition) is 6. The van der Waals surface area contributed by atoms with Crippen LogP contribution in [0.15, 0.2) is 46.0 Å². The predicted octanol–water partition coefficient (Wildman–Crippen LogP) is 2.78. The highest BCUT2D eigenvalue weighted by Crippen LogP contribution is 2.25. The van der Waals surface area contributed by atoms with Crippen molar-refractivity contribution in [1.82, 2.24) is 20.6 Å². The molecule has 1 aromatic carbocycles. The number of rotatable bonds is 8. The number of carbonyl (C=O) groups is 1. The van der Waals surface area contributed by atoms with Crippen LogP contribution in [0.3, 0.4) is 0 Å². The van der Waals surface area contributed by atoms with Gasteiger partial charge in [0.25, 0.3) is 0 Å². The number of nitrogens with zero attached hydrogens (tertiary/aromatic N) is 3. The fourth-order valence-electron chi connectivity index (χ4n) is 3.41. The Morgan fingerprint density at radius 2 is 1.97 bits per heavy atom. The normalized spacial score (nSPS) is 10.8. The largest absolute Gasteiger partial charge is 0.422 e. The molecular weight excluding hydrogens is 382 g/mol. The van der Waals surface area contributed by atoms with Crippen LogP contribution in [0.25, 0.3) is 11.0 Å². The van der Waals surface area contributed by atoms with Crippen LogP contribution in [-0.4, -0.2) is 35.6 Å². The zero-order valence-electron chi connectivity index (χ0n) is 17.6. The highest BCUT2D eigenvalue weighted by molar-refractivity contribution is 5.84. The lowest BCUT2D eigenvalue weighted by molar-refractivity contribution is 0.240. The molecule has 2 aromatic heterocycles. The predicted molar refractivity (Wildman–Crippen MR) is 117 cm³/mol. The van der Waals surface area contributed by atoms with Crippen molar-refractivity contribution < 1.29 is 9.21 Å². The van der Waals surface area contributed by atoms with Crippen molar-refractivity contribution in [3.63, 3.8) is 0 Å². The third kappa shape index (κ3) is 4.94. The van der Waals surface area contributed by atoms with E-state index in [2.05, 4.69) is 39.3 Å². The van der Waals surface area contributed by atoms with Crippen molar-refractivity contribution in [1.29, 1.82) is 0 Å². The number of hydrogen-bond donors (Lipinski definition) is 2. The number of nitrogens with one attached hydrogen (secondary N) is 2. The molecule has 0 fully saturated rings. The SMILES string of the molecule is CCN(CC)c1ccc2c(C)c(CCNC(=O)NCc3ccncn3)c(=O)oc2c1. The molecule has 8 heteroatoms. The lowest BCUT2D eigenvalue weighted by Gasteiger charge is -2.21. The molecule has 2 amide bonds. The van der Waals surface area contributed by atoms with Crippen LogP contribution in [-0.2, 0) is 13.0 Å². The molecule has 0 spiro atoms. The molecular formula is C22H27N5O3. The van der Waals surface area contributed by atoms with E-state index in [4.69, 9.17) is 4.42 Å². The molecule has 8 nitrogen and oxygen atoms in total.